The lowest BCUT2D eigenvalue weighted by molar-refractivity contribution is -0.137. The molecule has 1 saturated heterocycles. The van der Waals surface area contributed by atoms with Gasteiger partial charge in [0.15, 0.2) is 0 Å². The van der Waals surface area contributed by atoms with E-state index in [0.29, 0.717) is 0 Å². The zero-order valence-electron chi connectivity index (χ0n) is 9.76. The molecule has 14 heavy (non-hydrogen) atoms. The standard InChI is InChI=1S/C11H22N2O/c1-11(2,3)13-8-6-5-7-9(12-4)10(13)14/h9,12H,5-8H2,1-4H3. The highest BCUT2D eigenvalue weighted by molar-refractivity contribution is 5.82. The molecule has 0 spiro atoms. The second kappa shape index (κ2) is 4.30. The fourth-order valence-corrected chi connectivity index (χ4v) is 1.97. The molecule has 0 aromatic heterocycles. The van der Waals surface area contributed by atoms with Crippen molar-refractivity contribution in [1.82, 2.24) is 10.2 Å². The summed E-state index contributed by atoms with van der Waals surface area (Å²) in [5, 5.41) is 3.10. The topological polar surface area (TPSA) is 32.3 Å². The van der Waals surface area contributed by atoms with E-state index in [0.717, 1.165) is 25.8 Å². The minimum absolute atomic E-state index is 0.0247. The first-order chi connectivity index (χ1) is 6.46. The van der Waals surface area contributed by atoms with Gasteiger partial charge in [0.2, 0.25) is 5.91 Å². The van der Waals surface area contributed by atoms with E-state index < -0.39 is 0 Å². The van der Waals surface area contributed by atoms with Gasteiger partial charge in [-0.1, -0.05) is 0 Å². The van der Waals surface area contributed by atoms with Crippen molar-refractivity contribution >= 4 is 5.91 Å². The predicted molar refractivity (Wildman–Crippen MR) is 58.2 cm³/mol. The first-order valence-corrected chi connectivity index (χ1v) is 5.45. The summed E-state index contributed by atoms with van der Waals surface area (Å²) in [6.45, 7) is 7.20. The summed E-state index contributed by atoms with van der Waals surface area (Å²) < 4.78 is 0. The van der Waals surface area contributed by atoms with Crippen LogP contribution in [0.2, 0.25) is 0 Å². The maximum absolute atomic E-state index is 12.1. The molecule has 0 bridgehead atoms. The number of carbonyl (C=O) groups excluding carboxylic acids is 1. The fourth-order valence-electron chi connectivity index (χ4n) is 1.97. The third-order valence-corrected chi connectivity index (χ3v) is 2.85. The smallest absolute Gasteiger partial charge is 0.240 e. The summed E-state index contributed by atoms with van der Waals surface area (Å²) in [7, 11) is 1.87. The SMILES string of the molecule is CNC1CCCCN(C(C)(C)C)C1=O. The van der Waals surface area contributed by atoms with Crippen LogP contribution in [0.25, 0.3) is 0 Å². The van der Waals surface area contributed by atoms with Gasteiger partial charge in [-0.05, 0) is 47.1 Å². The first kappa shape index (κ1) is 11.5. The molecule has 1 heterocycles. The Bertz CT molecular complexity index is 208. The number of nitrogens with zero attached hydrogens (tertiary/aromatic N) is 1. The van der Waals surface area contributed by atoms with Gasteiger partial charge in [0.05, 0.1) is 6.04 Å². The number of nitrogens with one attached hydrogen (secondary N) is 1. The van der Waals surface area contributed by atoms with Crippen LogP contribution in [0.4, 0.5) is 0 Å². The molecule has 1 aliphatic heterocycles. The molecular formula is C11H22N2O. The third-order valence-electron chi connectivity index (χ3n) is 2.85. The number of rotatable bonds is 1. The number of likely N-dealkylation sites (tertiary alicyclic amines) is 1. The summed E-state index contributed by atoms with van der Waals surface area (Å²) in [5.74, 6) is 0.262. The van der Waals surface area contributed by atoms with Crippen molar-refractivity contribution in [2.45, 2.75) is 51.6 Å². The molecule has 3 heteroatoms. The van der Waals surface area contributed by atoms with Gasteiger partial charge in [-0.25, -0.2) is 0 Å². The molecule has 1 N–H and O–H groups in total. The van der Waals surface area contributed by atoms with Crippen molar-refractivity contribution in [2.75, 3.05) is 13.6 Å². The van der Waals surface area contributed by atoms with Crippen molar-refractivity contribution in [3.8, 4) is 0 Å². The van der Waals surface area contributed by atoms with Crippen molar-refractivity contribution in [1.29, 1.82) is 0 Å². The second-order valence-electron chi connectivity index (χ2n) is 5.00. The van der Waals surface area contributed by atoms with Crippen LogP contribution in [-0.4, -0.2) is 36.0 Å². The highest BCUT2D eigenvalue weighted by atomic mass is 16.2. The van der Waals surface area contributed by atoms with Crippen LogP contribution >= 0.6 is 0 Å². The second-order valence-corrected chi connectivity index (χ2v) is 5.00. The number of likely N-dealkylation sites (N-methyl/N-ethyl adjacent to an activating group) is 1. The molecule has 3 nitrogen and oxygen atoms in total. The fraction of sp³-hybridized carbons (Fsp3) is 0.909. The molecule has 0 aliphatic carbocycles. The Kier molecular flexibility index (Phi) is 3.53. The number of hydrogen-bond acceptors (Lipinski definition) is 2. The Hall–Kier alpha value is -0.570. The number of carbonyl (C=O) groups is 1. The monoisotopic (exact) mass is 198 g/mol. The molecule has 0 aromatic carbocycles. The maximum atomic E-state index is 12.1. The van der Waals surface area contributed by atoms with E-state index in [9.17, 15) is 4.79 Å². The molecule has 0 radical (unpaired) electrons. The molecule has 0 aromatic rings. The van der Waals surface area contributed by atoms with Crippen molar-refractivity contribution in [3.63, 3.8) is 0 Å². The highest BCUT2D eigenvalue weighted by Crippen LogP contribution is 2.20. The van der Waals surface area contributed by atoms with Crippen LogP contribution in [0.5, 0.6) is 0 Å². The zero-order chi connectivity index (χ0) is 10.8. The summed E-state index contributed by atoms with van der Waals surface area (Å²) >= 11 is 0. The van der Waals surface area contributed by atoms with Crippen molar-refractivity contribution < 1.29 is 4.79 Å². The Morgan fingerprint density at radius 2 is 2.00 bits per heavy atom. The summed E-state index contributed by atoms with van der Waals surface area (Å²) in [6.07, 6.45) is 3.24. The zero-order valence-corrected chi connectivity index (χ0v) is 9.76. The van der Waals surface area contributed by atoms with Gasteiger partial charge in [0.1, 0.15) is 0 Å². The van der Waals surface area contributed by atoms with Gasteiger partial charge < -0.3 is 10.2 Å². The van der Waals surface area contributed by atoms with Crippen LogP contribution in [-0.2, 0) is 4.79 Å². The lowest BCUT2D eigenvalue weighted by Gasteiger charge is -2.36. The quantitative estimate of drug-likeness (QED) is 0.690. The summed E-state index contributed by atoms with van der Waals surface area (Å²) in [4.78, 5) is 14.1. The van der Waals surface area contributed by atoms with Crippen LogP contribution in [0.1, 0.15) is 40.0 Å². The molecule has 1 unspecified atom stereocenters. The van der Waals surface area contributed by atoms with Gasteiger partial charge in [-0.15, -0.1) is 0 Å². The van der Waals surface area contributed by atoms with Crippen molar-refractivity contribution in [3.05, 3.63) is 0 Å². The minimum Gasteiger partial charge on any atom is -0.337 e. The molecular weight excluding hydrogens is 176 g/mol. The van der Waals surface area contributed by atoms with Gasteiger partial charge in [-0.2, -0.15) is 0 Å². The number of amides is 1. The van der Waals surface area contributed by atoms with E-state index in [4.69, 9.17) is 0 Å². The lowest BCUT2D eigenvalue weighted by Crippen LogP contribution is -2.52. The van der Waals surface area contributed by atoms with Gasteiger partial charge >= 0.3 is 0 Å². The molecule has 1 aliphatic rings. The molecule has 1 amide bonds. The van der Waals surface area contributed by atoms with E-state index in [-0.39, 0.29) is 17.5 Å². The first-order valence-electron chi connectivity index (χ1n) is 5.45. The Morgan fingerprint density at radius 3 is 2.50 bits per heavy atom. The highest BCUT2D eigenvalue weighted by Gasteiger charge is 2.32. The molecule has 0 saturated carbocycles. The largest absolute Gasteiger partial charge is 0.337 e. The minimum atomic E-state index is -0.0451. The molecule has 1 rings (SSSR count). The number of hydrogen-bond donors (Lipinski definition) is 1. The van der Waals surface area contributed by atoms with Crippen LogP contribution in [0, 0.1) is 0 Å². The van der Waals surface area contributed by atoms with E-state index in [2.05, 4.69) is 26.1 Å². The van der Waals surface area contributed by atoms with E-state index in [1.807, 2.05) is 11.9 Å². The van der Waals surface area contributed by atoms with Gasteiger partial charge in [0.25, 0.3) is 0 Å². The Balaban J connectivity index is 2.78. The lowest BCUT2D eigenvalue weighted by atomic mass is 10.0. The summed E-state index contributed by atoms with van der Waals surface area (Å²) in [5.41, 5.74) is -0.0451. The maximum Gasteiger partial charge on any atom is 0.240 e. The Morgan fingerprint density at radius 1 is 1.36 bits per heavy atom. The van der Waals surface area contributed by atoms with Crippen LogP contribution in [0.3, 0.4) is 0 Å². The van der Waals surface area contributed by atoms with Crippen LogP contribution in [0.15, 0.2) is 0 Å². The van der Waals surface area contributed by atoms with Crippen LogP contribution < -0.4 is 5.32 Å². The molecule has 1 fully saturated rings. The third kappa shape index (κ3) is 2.47. The van der Waals surface area contributed by atoms with E-state index >= 15 is 0 Å². The van der Waals surface area contributed by atoms with Crippen molar-refractivity contribution in [2.24, 2.45) is 0 Å². The average Bonchev–Trinajstić information content (AvgIpc) is 2.25. The molecule has 1 atom stereocenters. The van der Waals surface area contributed by atoms with E-state index in [1.54, 1.807) is 0 Å². The Labute approximate surface area is 86.9 Å². The van der Waals surface area contributed by atoms with Gasteiger partial charge in [0, 0.05) is 12.1 Å². The average molecular weight is 198 g/mol. The molecule has 82 valence electrons. The van der Waals surface area contributed by atoms with E-state index in [1.165, 1.54) is 0 Å². The predicted octanol–water partition coefficient (Wildman–Crippen LogP) is 1.39. The van der Waals surface area contributed by atoms with Gasteiger partial charge in [-0.3, -0.25) is 4.79 Å². The normalized spacial score (nSPS) is 25.0. The summed E-state index contributed by atoms with van der Waals surface area (Å²) in [6, 6.07) is 0.0247.